The second-order valence-corrected chi connectivity index (χ2v) is 5.63. The van der Waals surface area contributed by atoms with Crippen LogP contribution < -0.4 is 10.1 Å². The van der Waals surface area contributed by atoms with Gasteiger partial charge in [0.1, 0.15) is 12.1 Å². The summed E-state index contributed by atoms with van der Waals surface area (Å²) in [5.41, 5.74) is -0.0336. The molecule has 0 saturated heterocycles. The number of nitrogens with zero attached hydrogens (tertiary/aromatic N) is 2. The van der Waals surface area contributed by atoms with Crippen LogP contribution in [0.15, 0.2) is 12.4 Å². The van der Waals surface area contributed by atoms with Crippen LogP contribution in [-0.4, -0.2) is 34.7 Å². The molecule has 2 N–H and O–H groups in total. The predicted molar refractivity (Wildman–Crippen MR) is 72.3 cm³/mol. The molecule has 0 amide bonds. The molecule has 0 fully saturated rings. The second kappa shape index (κ2) is 6.36. The van der Waals surface area contributed by atoms with Crippen molar-refractivity contribution in [3.05, 3.63) is 12.4 Å². The molecule has 1 heterocycles. The van der Waals surface area contributed by atoms with E-state index in [-0.39, 0.29) is 5.41 Å². The van der Waals surface area contributed by atoms with Gasteiger partial charge in [0, 0.05) is 12.6 Å². The highest BCUT2D eigenvalue weighted by Crippen LogP contribution is 2.25. The van der Waals surface area contributed by atoms with Crippen LogP contribution >= 0.6 is 0 Å². The van der Waals surface area contributed by atoms with Gasteiger partial charge in [-0.1, -0.05) is 20.8 Å². The quantitative estimate of drug-likeness (QED) is 0.820. The van der Waals surface area contributed by atoms with Crippen LogP contribution in [0.25, 0.3) is 0 Å². The first-order chi connectivity index (χ1) is 8.81. The SMILES string of the molecule is COc1cc(NCC(CC(C)(C)C)C(=O)O)ncn1. The Labute approximate surface area is 113 Å². The zero-order chi connectivity index (χ0) is 14.5. The van der Waals surface area contributed by atoms with Crippen molar-refractivity contribution in [2.24, 2.45) is 11.3 Å². The zero-order valence-corrected chi connectivity index (χ0v) is 11.8. The Hall–Kier alpha value is -1.85. The molecule has 0 aliphatic carbocycles. The molecule has 0 saturated carbocycles. The van der Waals surface area contributed by atoms with E-state index in [9.17, 15) is 9.90 Å². The Bertz CT molecular complexity index is 429. The number of aliphatic carboxylic acids is 1. The molecule has 6 heteroatoms. The van der Waals surface area contributed by atoms with Gasteiger partial charge in [-0.2, -0.15) is 0 Å². The van der Waals surface area contributed by atoms with Gasteiger partial charge in [-0.3, -0.25) is 4.79 Å². The average Bonchev–Trinajstić information content (AvgIpc) is 2.33. The van der Waals surface area contributed by atoms with Crippen molar-refractivity contribution in [2.75, 3.05) is 19.0 Å². The predicted octanol–water partition coefficient (Wildman–Crippen LogP) is 2.03. The molecule has 1 aromatic heterocycles. The third-order valence-corrected chi connectivity index (χ3v) is 2.59. The summed E-state index contributed by atoms with van der Waals surface area (Å²) >= 11 is 0. The fraction of sp³-hybridized carbons (Fsp3) is 0.615. The number of anilines is 1. The van der Waals surface area contributed by atoms with Crippen LogP contribution in [0.1, 0.15) is 27.2 Å². The lowest BCUT2D eigenvalue weighted by molar-refractivity contribution is -0.142. The number of methoxy groups -OCH3 is 1. The van der Waals surface area contributed by atoms with E-state index in [0.29, 0.717) is 24.7 Å². The lowest BCUT2D eigenvalue weighted by atomic mass is 9.84. The topological polar surface area (TPSA) is 84.3 Å². The van der Waals surface area contributed by atoms with E-state index < -0.39 is 11.9 Å². The third kappa shape index (κ3) is 5.54. The largest absolute Gasteiger partial charge is 0.481 e. The lowest BCUT2D eigenvalue weighted by Gasteiger charge is -2.23. The number of rotatable bonds is 6. The number of aromatic nitrogens is 2. The first-order valence-electron chi connectivity index (χ1n) is 6.14. The van der Waals surface area contributed by atoms with Crippen LogP contribution in [-0.2, 0) is 4.79 Å². The number of hydrogen-bond donors (Lipinski definition) is 2. The molecule has 1 atom stereocenters. The van der Waals surface area contributed by atoms with Gasteiger partial charge in [-0.25, -0.2) is 9.97 Å². The molecule has 0 aliphatic heterocycles. The van der Waals surface area contributed by atoms with Crippen molar-refractivity contribution in [2.45, 2.75) is 27.2 Å². The zero-order valence-electron chi connectivity index (χ0n) is 11.8. The Kier molecular flexibility index (Phi) is 5.09. The van der Waals surface area contributed by atoms with Crippen molar-refractivity contribution in [1.82, 2.24) is 9.97 Å². The first-order valence-corrected chi connectivity index (χ1v) is 6.14. The van der Waals surface area contributed by atoms with Crippen LogP contribution in [0.5, 0.6) is 5.88 Å². The summed E-state index contributed by atoms with van der Waals surface area (Å²) in [5, 5.41) is 12.2. The summed E-state index contributed by atoms with van der Waals surface area (Å²) in [6, 6.07) is 1.63. The van der Waals surface area contributed by atoms with E-state index in [1.165, 1.54) is 13.4 Å². The molecular weight excluding hydrogens is 246 g/mol. The maximum absolute atomic E-state index is 11.2. The van der Waals surface area contributed by atoms with Crippen molar-refractivity contribution < 1.29 is 14.6 Å². The minimum atomic E-state index is -0.802. The van der Waals surface area contributed by atoms with Crippen molar-refractivity contribution in [1.29, 1.82) is 0 Å². The third-order valence-electron chi connectivity index (χ3n) is 2.59. The van der Waals surface area contributed by atoms with Crippen molar-refractivity contribution in [3.63, 3.8) is 0 Å². The molecule has 19 heavy (non-hydrogen) atoms. The molecule has 1 unspecified atom stereocenters. The average molecular weight is 267 g/mol. The van der Waals surface area contributed by atoms with Gasteiger partial charge in [-0.05, 0) is 11.8 Å². The Balaban J connectivity index is 2.63. The van der Waals surface area contributed by atoms with Gasteiger partial charge in [-0.15, -0.1) is 0 Å². The van der Waals surface area contributed by atoms with Crippen LogP contribution in [0.2, 0.25) is 0 Å². The summed E-state index contributed by atoms with van der Waals surface area (Å²) in [7, 11) is 1.52. The van der Waals surface area contributed by atoms with Crippen molar-refractivity contribution >= 4 is 11.8 Å². The molecule has 0 bridgehead atoms. The number of hydrogen-bond acceptors (Lipinski definition) is 5. The minimum absolute atomic E-state index is 0.0336. The Morgan fingerprint density at radius 1 is 1.47 bits per heavy atom. The Morgan fingerprint density at radius 3 is 2.68 bits per heavy atom. The van der Waals surface area contributed by atoms with Gasteiger partial charge in [0.25, 0.3) is 0 Å². The summed E-state index contributed by atoms with van der Waals surface area (Å²) in [4.78, 5) is 19.1. The highest BCUT2D eigenvalue weighted by molar-refractivity contribution is 5.70. The molecule has 6 nitrogen and oxygen atoms in total. The number of carbonyl (C=O) groups is 1. The van der Waals surface area contributed by atoms with Gasteiger partial charge in [0.2, 0.25) is 5.88 Å². The van der Waals surface area contributed by atoms with E-state index in [4.69, 9.17) is 4.74 Å². The van der Waals surface area contributed by atoms with Crippen LogP contribution in [0.3, 0.4) is 0 Å². The van der Waals surface area contributed by atoms with Gasteiger partial charge >= 0.3 is 5.97 Å². The lowest BCUT2D eigenvalue weighted by Crippen LogP contribution is -2.27. The summed E-state index contributed by atoms with van der Waals surface area (Å²) in [6.07, 6.45) is 1.97. The van der Waals surface area contributed by atoms with E-state index >= 15 is 0 Å². The molecule has 0 aromatic carbocycles. The number of carboxylic acid groups (broad SMARTS) is 1. The van der Waals surface area contributed by atoms with Gasteiger partial charge in [0.05, 0.1) is 13.0 Å². The van der Waals surface area contributed by atoms with Crippen molar-refractivity contribution in [3.8, 4) is 5.88 Å². The highest BCUT2D eigenvalue weighted by Gasteiger charge is 2.24. The van der Waals surface area contributed by atoms with E-state index in [1.54, 1.807) is 6.07 Å². The molecule has 1 aromatic rings. The summed E-state index contributed by atoms with van der Waals surface area (Å²) in [5.74, 6) is -0.253. The number of carboxylic acids is 1. The second-order valence-electron chi connectivity index (χ2n) is 5.63. The van der Waals surface area contributed by atoms with Crippen LogP contribution in [0, 0.1) is 11.3 Å². The number of nitrogens with one attached hydrogen (secondary N) is 1. The van der Waals surface area contributed by atoms with E-state index in [2.05, 4.69) is 15.3 Å². The molecule has 0 aliphatic rings. The highest BCUT2D eigenvalue weighted by atomic mass is 16.5. The maximum Gasteiger partial charge on any atom is 0.308 e. The fourth-order valence-electron chi connectivity index (χ4n) is 1.76. The molecular formula is C13H21N3O3. The van der Waals surface area contributed by atoms with E-state index in [0.717, 1.165) is 0 Å². The number of ether oxygens (including phenoxy) is 1. The maximum atomic E-state index is 11.2. The Morgan fingerprint density at radius 2 is 2.16 bits per heavy atom. The van der Waals surface area contributed by atoms with E-state index in [1.807, 2.05) is 20.8 Å². The monoisotopic (exact) mass is 267 g/mol. The molecule has 1 rings (SSSR count). The standard InChI is InChI=1S/C13H21N3O3/c1-13(2,3)6-9(12(17)18)7-14-10-5-11(19-4)16-8-15-10/h5,8-9H,6-7H2,1-4H3,(H,17,18)(H,14,15,16). The van der Waals surface area contributed by atoms with Gasteiger partial charge in [0.15, 0.2) is 0 Å². The fourth-order valence-corrected chi connectivity index (χ4v) is 1.76. The normalized spacial score (nSPS) is 12.8. The molecule has 0 spiro atoms. The van der Waals surface area contributed by atoms with Crippen LogP contribution in [0.4, 0.5) is 5.82 Å². The summed E-state index contributed by atoms with van der Waals surface area (Å²) < 4.78 is 4.98. The van der Waals surface area contributed by atoms with Gasteiger partial charge < -0.3 is 15.2 Å². The first kappa shape index (κ1) is 15.2. The minimum Gasteiger partial charge on any atom is -0.481 e. The molecule has 106 valence electrons. The summed E-state index contributed by atoms with van der Waals surface area (Å²) in [6.45, 7) is 6.40. The molecule has 0 radical (unpaired) electrons. The smallest absolute Gasteiger partial charge is 0.308 e.